The molecule has 0 aliphatic heterocycles. The summed E-state index contributed by atoms with van der Waals surface area (Å²) >= 11 is 0. The fraction of sp³-hybridized carbons (Fsp3) is 0.278. The fourth-order valence-electron chi connectivity index (χ4n) is 3.14. The molecule has 2 heterocycles. The van der Waals surface area contributed by atoms with Crippen LogP contribution in [0.4, 0.5) is 0 Å². The van der Waals surface area contributed by atoms with Gasteiger partial charge in [0.25, 0.3) is 11.1 Å². The monoisotopic (exact) mass is 341 g/mol. The van der Waals surface area contributed by atoms with Crippen LogP contribution >= 0.6 is 0 Å². The highest BCUT2D eigenvalue weighted by Crippen LogP contribution is 2.24. The molecule has 0 saturated carbocycles. The van der Waals surface area contributed by atoms with Gasteiger partial charge in [0.15, 0.2) is 0 Å². The normalized spacial score (nSPS) is 11.2. The van der Waals surface area contributed by atoms with Crippen molar-refractivity contribution in [1.29, 1.82) is 0 Å². The third-order valence-electron chi connectivity index (χ3n) is 4.67. The molecule has 0 unspecified atom stereocenters. The second-order valence-electron chi connectivity index (χ2n) is 6.20. The Hall–Kier alpha value is -3.09. The SMILES string of the molecule is Cc1ccccc1Cc1c(O)c2c(=O)n(C)c(=O)n(C)c2n(C)c1=O. The molecule has 0 fully saturated rings. The maximum atomic E-state index is 12.8. The van der Waals surface area contributed by atoms with Gasteiger partial charge < -0.3 is 5.11 Å². The van der Waals surface area contributed by atoms with Crippen LogP contribution in [-0.2, 0) is 27.6 Å². The molecule has 3 aromatic rings. The third-order valence-corrected chi connectivity index (χ3v) is 4.67. The van der Waals surface area contributed by atoms with Gasteiger partial charge in [0, 0.05) is 27.6 Å². The van der Waals surface area contributed by atoms with Gasteiger partial charge in [-0.25, -0.2) is 4.79 Å². The highest BCUT2D eigenvalue weighted by molar-refractivity contribution is 5.83. The number of hydrogen-bond acceptors (Lipinski definition) is 4. The lowest BCUT2D eigenvalue weighted by Gasteiger charge is -2.15. The second-order valence-corrected chi connectivity index (χ2v) is 6.20. The van der Waals surface area contributed by atoms with Gasteiger partial charge in [-0.1, -0.05) is 24.3 Å². The summed E-state index contributed by atoms with van der Waals surface area (Å²) in [5, 5.41) is 10.7. The maximum Gasteiger partial charge on any atom is 0.332 e. The second kappa shape index (κ2) is 5.77. The Kier molecular flexibility index (Phi) is 3.87. The fourth-order valence-corrected chi connectivity index (χ4v) is 3.14. The van der Waals surface area contributed by atoms with E-state index in [4.69, 9.17) is 0 Å². The van der Waals surface area contributed by atoms with E-state index < -0.39 is 16.8 Å². The van der Waals surface area contributed by atoms with E-state index in [-0.39, 0.29) is 28.8 Å². The molecule has 7 heteroatoms. The number of nitrogens with zero attached hydrogens (tertiary/aromatic N) is 3. The molecule has 130 valence electrons. The highest BCUT2D eigenvalue weighted by atomic mass is 16.3. The van der Waals surface area contributed by atoms with E-state index in [9.17, 15) is 19.5 Å². The first kappa shape index (κ1) is 16.8. The number of pyridine rings is 1. The van der Waals surface area contributed by atoms with Gasteiger partial charge in [0.2, 0.25) is 0 Å². The van der Waals surface area contributed by atoms with Crippen LogP contribution in [0.3, 0.4) is 0 Å². The van der Waals surface area contributed by atoms with Crippen LogP contribution < -0.4 is 16.8 Å². The van der Waals surface area contributed by atoms with Crippen molar-refractivity contribution in [2.75, 3.05) is 0 Å². The summed E-state index contributed by atoms with van der Waals surface area (Å²) in [6.07, 6.45) is 0.202. The molecule has 0 aliphatic rings. The van der Waals surface area contributed by atoms with Crippen LogP contribution in [0.2, 0.25) is 0 Å². The molecule has 7 nitrogen and oxygen atoms in total. The van der Waals surface area contributed by atoms with Crippen molar-refractivity contribution in [2.24, 2.45) is 21.1 Å². The average molecular weight is 341 g/mol. The molecular formula is C18H19N3O4. The number of aromatic hydroxyl groups is 1. The lowest BCUT2D eigenvalue weighted by atomic mass is 10.00. The summed E-state index contributed by atoms with van der Waals surface area (Å²) < 4.78 is 3.35. The van der Waals surface area contributed by atoms with E-state index in [2.05, 4.69) is 0 Å². The van der Waals surface area contributed by atoms with Crippen LogP contribution in [0.1, 0.15) is 16.7 Å². The molecule has 2 aromatic heterocycles. The summed E-state index contributed by atoms with van der Waals surface area (Å²) in [7, 11) is 4.30. The van der Waals surface area contributed by atoms with E-state index in [0.717, 1.165) is 15.7 Å². The molecule has 0 aliphatic carbocycles. The Balaban J connectivity index is 2.44. The molecule has 1 N–H and O–H groups in total. The summed E-state index contributed by atoms with van der Waals surface area (Å²) in [4.78, 5) is 37.4. The number of rotatable bonds is 2. The molecule has 1 aromatic carbocycles. The zero-order valence-corrected chi connectivity index (χ0v) is 14.5. The van der Waals surface area contributed by atoms with Crippen molar-refractivity contribution in [1.82, 2.24) is 13.7 Å². The van der Waals surface area contributed by atoms with Gasteiger partial charge >= 0.3 is 5.69 Å². The minimum absolute atomic E-state index is 0.0321. The summed E-state index contributed by atoms with van der Waals surface area (Å²) in [6.45, 7) is 1.92. The van der Waals surface area contributed by atoms with Crippen LogP contribution in [0.25, 0.3) is 11.0 Å². The Morgan fingerprint density at radius 3 is 2.20 bits per heavy atom. The number of benzene rings is 1. The Labute approximate surface area is 143 Å². The highest BCUT2D eigenvalue weighted by Gasteiger charge is 2.21. The lowest BCUT2D eigenvalue weighted by molar-refractivity contribution is 0.470. The zero-order valence-electron chi connectivity index (χ0n) is 14.5. The quantitative estimate of drug-likeness (QED) is 0.737. The van der Waals surface area contributed by atoms with Gasteiger partial charge in [-0.2, -0.15) is 0 Å². The standard InChI is InChI=1S/C18H19N3O4/c1-10-7-5-6-8-11(10)9-12-14(22)13-15(19(2)16(12)23)20(3)18(25)21(4)17(13)24/h5-8,22H,9H2,1-4H3. The van der Waals surface area contributed by atoms with E-state index in [1.807, 2.05) is 31.2 Å². The van der Waals surface area contributed by atoms with Crippen molar-refractivity contribution < 1.29 is 5.11 Å². The smallest absolute Gasteiger partial charge is 0.332 e. The van der Waals surface area contributed by atoms with Crippen molar-refractivity contribution in [3.05, 3.63) is 72.1 Å². The number of aromatic nitrogens is 3. The third kappa shape index (κ3) is 2.39. The van der Waals surface area contributed by atoms with Gasteiger partial charge in [-0.05, 0) is 18.1 Å². The molecule has 0 bridgehead atoms. The lowest BCUT2D eigenvalue weighted by Crippen LogP contribution is -2.40. The first-order valence-electron chi connectivity index (χ1n) is 7.80. The molecule has 25 heavy (non-hydrogen) atoms. The van der Waals surface area contributed by atoms with Gasteiger partial charge in [0.05, 0.1) is 5.56 Å². The topological polar surface area (TPSA) is 86.2 Å². The molecule has 0 atom stereocenters. The van der Waals surface area contributed by atoms with Crippen LogP contribution in [0.5, 0.6) is 5.75 Å². The first-order chi connectivity index (χ1) is 11.8. The Morgan fingerprint density at radius 1 is 0.920 bits per heavy atom. The largest absolute Gasteiger partial charge is 0.506 e. The van der Waals surface area contributed by atoms with Crippen molar-refractivity contribution in [3.63, 3.8) is 0 Å². The van der Waals surface area contributed by atoms with E-state index in [1.165, 1.54) is 30.3 Å². The number of fused-ring (bicyclic) bond motifs is 1. The summed E-state index contributed by atoms with van der Waals surface area (Å²) in [5.41, 5.74) is 0.491. The van der Waals surface area contributed by atoms with E-state index in [1.54, 1.807) is 0 Å². The zero-order chi connectivity index (χ0) is 18.5. The van der Waals surface area contributed by atoms with E-state index in [0.29, 0.717) is 0 Å². The van der Waals surface area contributed by atoms with Crippen LogP contribution in [-0.4, -0.2) is 18.8 Å². The van der Waals surface area contributed by atoms with Gasteiger partial charge in [0.1, 0.15) is 16.8 Å². The summed E-state index contributed by atoms with van der Waals surface area (Å²) in [5.74, 6) is -0.363. The summed E-state index contributed by atoms with van der Waals surface area (Å²) in [6, 6.07) is 7.54. The van der Waals surface area contributed by atoms with Gasteiger partial charge in [-0.15, -0.1) is 0 Å². The predicted octanol–water partition coefficient (Wildman–Crippen LogP) is 0.541. The minimum atomic E-state index is -0.628. The van der Waals surface area contributed by atoms with Crippen molar-refractivity contribution in [2.45, 2.75) is 13.3 Å². The van der Waals surface area contributed by atoms with Gasteiger partial charge in [-0.3, -0.25) is 23.3 Å². The first-order valence-corrected chi connectivity index (χ1v) is 7.80. The van der Waals surface area contributed by atoms with E-state index >= 15 is 0 Å². The number of aryl methyl sites for hydroxylation is 3. The Morgan fingerprint density at radius 2 is 1.56 bits per heavy atom. The average Bonchev–Trinajstić information content (AvgIpc) is 2.59. The molecule has 0 saturated heterocycles. The maximum absolute atomic E-state index is 12.8. The van der Waals surface area contributed by atoms with Crippen molar-refractivity contribution >= 4 is 11.0 Å². The molecular weight excluding hydrogens is 322 g/mol. The Bertz CT molecular complexity index is 1180. The number of hydrogen-bond donors (Lipinski definition) is 1. The molecule has 0 amide bonds. The molecule has 0 spiro atoms. The minimum Gasteiger partial charge on any atom is -0.506 e. The molecule has 0 radical (unpaired) electrons. The van der Waals surface area contributed by atoms with Crippen LogP contribution in [0, 0.1) is 6.92 Å². The molecule has 3 rings (SSSR count). The van der Waals surface area contributed by atoms with Crippen LogP contribution in [0.15, 0.2) is 38.6 Å². The predicted molar refractivity (Wildman–Crippen MR) is 95.3 cm³/mol. The van der Waals surface area contributed by atoms with Crippen molar-refractivity contribution in [3.8, 4) is 5.75 Å².